The molecule has 2 amide bonds. The van der Waals surface area contributed by atoms with Gasteiger partial charge in [0, 0.05) is 17.6 Å². The summed E-state index contributed by atoms with van der Waals surface area (Å²) in [5.41, 5.74) is 1.71. The average molecular weight is 430 g/mol. The molecular weight excluding hydrogens is 414 g/mol. The molecule has 7 nitrogen and oxygen atoms in total. The predicted molar refractivity (Wildman–Crippen MR) is 110 cm³/mol. The number of nitrogens with one attached hydrogen (secondary N) is 2. The standard InChI is InChI=1S/C18H15N5O2S3/c1-11(24)20-9-14-6-7-15(27-14)16(25)21-17-22-23-18(28-17)26-10-13-4-2-12(8-19)3-5-13/h2-7H,9-10H2,1H3,(H,20,24)(H,21,22,25). The van der Waals surface area contributed by atoms with Crippen molar-refractivity contribution in [1.82, 2.24) is 15.5 Å². The van der Waals surface area contributed by atoms with Crippen molar-refractivity contribution in [2.45, 2.75) is 23.6 Å². The summed E-state index contributed by atoms with van der Waals surface area (Å²) in [7, 11) is 0. The Morgan fingerprint density at radius 2 is 1.93 bits per heavy atom. The van der Waals surface area contributed by atoms with Gasteiger partial charge in [-0.2, -0.15) is 5.26 Å². The number of hydrogen-bond donors (Lipinski definition) is 2. The first-order valence-corrected chi connectivity index (χ1v) is 10.7. The minimum Gasteiger partial charge on any atom is -0.351 e. The Morgan fingerprint density at radius 3 is 2.64 bits per heavy atom. The first-order valence-electron chi connectivity index (χ1n) is 8.13. The molecule has 0 saturated carbocycles. The molecule has 10 heteroatoms. The maximum Gasteiger partial charge on any atom is 0.267 e. The van der Waals surface area contributed by atoms with E-state index < -0.39 is 0 Å². The molecule has 3 rings (SSSR count). The van der Waals surface area contributed by atoms with E-state index in [1.807, 2.05) is 18.2 Å². The van der Waals surface area contributed by atoms with Gasteiger partial charge in [0.05, 0.1) is 23.1 Å². The zero-order chi connectivity index (χ0) is 19.9. The third-order valence-electron chi connectivity index (χ3n) is 3.47. The fraction of sp³-hybridized carbons (Fsp3) is 0.167. The van der Waals surface area contributed by atoms with Crippen molar-refractivity contribution in [3.8, 4) is 6.07 Å². The van der Waals surface area contributed by atoms with Crippen LogP contribution in [0.25, 0.3) is 0 Å². The molecule has 142 valence electrons. The Kier molecular flexibility index (Phi) is 6.76. The van der Waals surface area contributed by atoms with Gasteiger partial charge in [-0.1, -0.05) is 35.2 Å². The summed E-state index contributed by atoms with van der Waals surface area (Å²) in [6, 6.07) is 13.0. The number of aromatic nitrogens is 2. The average Bonchev–Trinajstić information content (AvgIpc) is 3.34. The Hall–Kier alpha value is -2.74. The van der Waals surface area contributed by atoms with E-state index >= 15 is 0 Å². The normalized spacial score (nSPS) is 10.3. The summed E-state index contributed by atoms with van der Waals surface area (Å²) in [6.45, 7) is 1.86. The van der Waals surface area contributed by atoms with Gasteiger partial charge in [0.1, 0.15) is 0 Å². The molecule has 0 aliphatic rings. The highest BCUT2D eigenvalue weighted by molar-refractivity contribution is 8.00. The second kappa shape index (κ2) is 9.45. The largest absolute Gasteiger partial charge is 0.351 e. The van der Waals surface area contributed by atoms with Crippen LogP contribution in [0.5, 0.6) is 0 Å². The third-order valence-corrected chi connectivity index (χ3v) is 6.60. The highest BCUT2D eigenvalue weighted by Gasteiger charge is 2.13. The second-order valence-electron chi connectivity index (χ2n) is 5.60. The molecule has 0 spiro atoms. The highest BCUT2D eigenvalue weighted by Crippen LogP contribution is 2.29. The Bertz CT molecular complexity index is 1020. The Balaban J connectivity index is 1.53. The molecular formula is C18H15N5O2S3. The molecule has 0 aliphatic carbocycles. The highest BCUT2D eigenvalue weighted by atomic mass is 32.2. The van der Waals surface area contributed by atoms with Crippen LogP contribution in [-0.4, -0.2) is 22.0 Å². The Labute approximate surface area is 173 Å². The summed E-state index contributed by atoms with van der Waals surface area (Å²) in [4.78, 5) is 24.7. The Morgan fingerprint density at radius 1 is 1.14 bits per heavy atom. The maximum atomic E-state index is 12.3. The van der Waals surface area contributed by atoms with E-state index in [0.29, 0.717) is 27.9 Å². The van der Waals surface area contributed by atoms with Crippen molar-refractivity contribution >= 4 is 51.4 Å². The minimum absolute atomic E-state index is 0.112. The van der Waals surface area contributed by atoms with E-state index in [-0.39, 0.29) is 11.8 Å². The number of anilines is 1. The number of carbonyl (C=O) groups excluding carboxylic acids is 2. The predicted octanol–water partition coefficient (Wildman–Crippen LogP) is 3.65. The monoisotopic (exact) mass is 429 g/mol. The number of nitrogens with zero attached hydrogens (tertiary/aromatic N) is 3. The molecule has 1 aromatic carbocycles. The SMILES string of the molecule is CC(=O)NCc1ccc(C(=O)Nc2nnc(SCc3ccc(C#N)cc3)s2)s1. The van der Waals surface area contributed by atoms with Crippen molar-refractivity contribution in [3.05, 3.63) is 57.3 Å². The lowest BCUT2D eigenvalue weighted by Gasteiger charge is -1.99. The number of carbonyl (C=O) groups is 2. The van der Waals surface area contributed by atoms with Crippen LogP contribution >= 0.6 is 34.4 Å². The first kappa shape index (κ1) is 20.0. The molecule has 2 N–H and O–H groups in total. The number of nitriles is 1. The lowest BCUT2D eigenvalue weighted by atomic mass is 10.2. The molecule has 2 aromatic heterocycles. The molecule has 0 saturated heterocycles. The zero-order valence-corrected chi connectivity index (χ0v) is 17.2. The van der Waals surface area contributed by atoms with Gasteiger partial charge >= 0.3 is 0 Å². The molecule has 3 aromatic rings. The molecule has 2 heterocycles. The molecule has 0 radical (unpaired) electrons. The number of thioether (sulfide) groups is 1. The molecule has 0 atom stereocenters. The number of benzene rings is 1. The van der Waals surface area contributed by atoms with Crippen LogP contribution in [0.3, 0.4) is 0 Å². The lowest BCUT2D eigenvalue weighted by molar-refractivity contribution is -0.119. The molecule has 28 heavy (non-hydrogen) atoms. The van der Waals surface area contributed by atoms with Gasteiger partial charge < -0.3 is 5.32 Å². The summed E-state index contributed by atoms with van der Waals surface area (Å²) in [5.74, 6) is 0.337. The van der Waals surface area contributed by atoms with Crippen LogP contribution in [0.15, 0.2) is 40.7 Å². The quantitative estimate of drug-likeness (QED) is 0.438. The first-order chi connectivity index (χ1) is 13.5. The van der Waals surface area contributed by atoms with Gasteiger partial charge in [-0.3, -0.25) is 14.9 Å². The van der Waals surface area contributed by atoms with E-state index in [4.69, 9.17) is 5.26 Å². The van der Waals surface area contributed by atoms with E-state index in [2.05, 4.69) is 26.9 Å². The van der Waals surface area contributed by atoms with Crippen molar-refractivity contribution in [1.29, 1.82) is 5.26 Å². The van der Waals surface area contributed by atoms with Gasteiger partial charge in [0.2, 0.25) is 11.0 Å². The number of amides is 2. The molecule has 0 unspecified atom stereocenters. The van der Waals surface area contributed by atoms with Gasteiger partial charge in [-0.15, -0.1) is 21.5 Å². The number of hydrogen-bond acceptors (Lipinski definition) is 8. The zero-order valence-electron chi connectivity index (χ0n) is 14.8. The van der Waals surface area contributed by atoms with Crippen molar-refractivity contribution in [2.24, 2.45) is 0 Å². The van der Waals surface area contributed by atoms with E-state index in [1.165, 1.54) is 41.4 Å². The van der Waals surface area contributed by atoms with Crippen molar-refractivity contribution in [3.63, 3.8) is 0 Å². The lowest BCUT2D eigenvalue weighted by Crippen LogP contribution is -2.18. The van der Waals surface area contributed by atoms with E-state index in [1.54, 1.807) is 18.2 Å². The van der Waals surface area contributed by atoms with Gasteiger partial charge in [-0.25, -0.2) is 0 Å². The van der Waals surface area contributed by atoms with Crippen LogP contribution in [0.1, 0.15) is 32.6 Å². The summed E-state index contributed by atoms with van der Waals surface area (Å²) < 4.78 is 0.747. The van der Waals surface area contributed by atoms with Crippen LogP contribution in [0.4, 0.5) is 5.13 Å². The molecule has 0 bridgehead atoms. The number of rotatable bonds is 7. The smallest absolute Gasteiger partial charge is 0.267 e. The van der Waals surface area contributed by atoms with Gasteiger partial charge in [-0.05, 0) is 29.8 Å². The van der Waals surface area contributed by atoms with Crippen LogP contribution in [-0.2, 0) is 17.1 Å². The van der Waals surface area contributed by atoms with Crippen LogP contribution in [0.2, 0.25) is 0 Å². The minimum atomic E-state index is -0.251. The fourth-order valence-electron chi connectivity index (χ4n) is 2.10. The van der Waals surface area contributed by atoms with Crippen molar-refractivity contribution in [2.75, 3.05) is 5.32 Å². The van der Waals surface area contributed by atoms with Crippen molar-refractivity contribution < 1.29 is 9.59 Å². The maximum absolute atomic E-state index is 12.3. The third kappa shape index (κ3) is 5.63. The summed E-state index contributed by atoms with van der Waals surface area (Å²) in [6.07, 6.45) is 0. The van der Waals surface area contributed by atoms with Gasteiger partial charge in [0.25, 0.3) is 5.91 Å². The summed E-state index contributed by atoms with van der Waals surface area (Å²) >= 11 is 4.15. The van der Waals surface area contributed by atoms with Crippen LogP contribution in [0, 0.1) is 11.3 Å². The second-order valence-corrected chi connectivity index (χ2v) is 8.97. The van der Waals surface area contributed by atoms with Crippen LogP contribution < -0.4 is 10.6 Å². The molecule has 0 aliphatic heterocycles. The van der Waals surface area contributed by atoms with Gasteiger partial charge in [0.15, 0.2) is 4.34 Å². The number of thiophene rings is 1. The van der Waals surface area contributed by atoms with E-state index in [9.17, 15) is 9.59 Å². The topological polar surface area (TPSA) is 108 Å². The summed E-state index contributed by atoms with van der Waals surface area (Å²) in [5, 5.41) is 22.8. The fourth-order valence-corrected chi connectivity index (χ4v) is 4.65. The molecule has 0 fully saturated rings. The van der Waals surface area contributed by atoms with E-state index in [0.717, 1.165) is 14.8 Å².